The molecule has 2 heterocycles. The molecule has 0 unspecified atom stereocenters. The fourth-order valence-corrected chi connectivity index (χ4v) is 6.90. The molecule has 0 spiro atoms. The van der Waals surface area contributed by atoms with E-state index in [4.69, 9.17) is 23.2 Å². The molecule has 3 aromatic rings. The van der Waals surface area contributed by atoms with Crippen molar-refractivity contribution in [2.75, 3.05) is 23.1 Å². The average Bonchev–Trinajstić information content (AvgIpc) is 2.87. The number of rotatable bonds is 8. The van der Waals surface area contributed by atoms with E-state index in [1.165, 1.54) is 47.0 Å². The Morgan fingerprint density at radius 1 is 1.00 bits per heavy atom. The van der Waals surface area contributed by atoms with Crippen LogP contribution in [0, 0.1) is 5.92 Å². The van der Waals surface area contributed by atoms with E-state index in [0.29, 0.717) is 41.3 Å². The van der Waals surface area contributed by atoms with Crippen LogP contribution in [0.5, 0.6) is 0 Å². The number of benzene rings is 2. The van der Waals surface area contributed by atoms with Crippen molar-refractivity contribution in [3.63, 3.8) is 0 Å². The number of piperidine rings is 1. The summed E-state index contributed by atoms with van der Waals surface area (Å²) in [6.45, 7) is 0.376. The normalized spacial score (nSPS) is 16.8. The average molecular weight is 584 g/mol. The summed E-state index contributed by atoms with van der Waals surface area (Å²) >= 11 is 11.9. The van der Waals surface area contributed by atoms with Crippen molar-refractivity contribution >= 4 is 60.5 Å². The number of carbonyl (C=O) groups excluding carboxylic acids is 1. The molecule has 0 aliphatic carbocycles. The van der Waals surface area contributed by atoms with Crippen LogP contribution >= 0.6 is 23.2 Å². The molecule has 0 radical (unpaired) electrons. The van der Waals surface area contributed by atoms with Gasteiger partial charge in [0.15, 0.2) is 0 Å². The van der Waals surface area contributed by atoms with Crippen LogP contribution in [0.3, 0.4) is 0 Å². The van der Waals surface area contributed by atoms with E-state index in [2.05, 4.69) is 15.0 Å². The van der Waals surface area contributed by atoms with E-state index in [1.54, 1.807) is 24.3 Å². The lowest BCUT2D eigenvalue weighted by molar-refractivity contribution is -0.120. The van der Waals surface area contributed by atoms with Crippen molar-refractivity contribution in [3.05, 3.63) is 82.6 Å². The van der Waals surface area contributed by atoms with Crippen LogP contribution in [0.2, 0.25) is 10.0 Å². The molecule has 1 saturated heterocycles. The van der Waals surface area contributed by atoms with Crippen LogP contribution in [-0.4, -0.2) is 45.1 Å². The second-order valence-electron chi connectivity index (χ2n) is 8.56. The van der Waals surface area contributed by atoms with Crippen molar-refractivity contribution in [2.24, 2.45) is 5.92 Å². The molecule has 1 amide bonds. The highest BCUT2D eigenvalue weighted by Crippen LogP contribution is 2.27. The standard InChI is InChI=1S/C24H24Cl2N4O5S2/c25-22-10-5-17(13-23(22)26)16-36(32,33)30-12-2-3-18(15-30)24(31)28-19-6-8-21(9-7-19)37(34,35)29-20-4-1-11-27-14-20/h1,4-11,13-14,18,29H,2-3,12,15-16H2,(H,28,31)/t18-/m1/s1. The van der Waals surface area contributed by atoms with Gasteiger partial charge in [0.05, 0.1) is 38.5 Å². The van der Waals surface area contributed by atoms with Crippen molar-refractivity contribution in [1.82, 2.24) is 9.29 Å². The second-order valence-corrected chi connectivity index (χ2v) is 13.0. The summed E-state index contributed by atoms with van der Waals surface area (Å²) in [6.07, 6.45) is 4.00. The van der Waals surface area contributed by atoms with Crippen molar-refractivity contribution in [3.8, 4) is 0 Å². The number of hydrogen-bond donors (Lipinski definition) is 2. The zero-order chi connectivity index (χ0) is 26.6. The SMILES string of the molecule is O=C(Nc1ccc(S(=O)(=O)Nc2cccnc2)cc1)[C@@H]1CCCN(S(=O)(=O)Cc2ccc(Cl)c(Cl)c2)C1. The largest absolute Gasteiger partial charge is 0.326 e. The third-order valence-corrected chi connectivity index (χ3v) is 9.78. The van der Waals surface area contributed by atoms with E-state index in [-0.39, 0.29) is 28.1 Å². The third-order valence-electron chi connectivity index (χ3n) is 5.83. The van der Waals surface area contributed by atoms with Crippen LogP contribution in [0.4, 0.5) is 11.4 Å². The summed E-state index contributed by atoms with van der Waals surface area (Å²) in [7, 11) is -7.51. The summed E-state index contributed by atoms with van der Waals surface area (Å²) in [5.74, 6) is -1.13. The molecule has 2 aromatic carbocycles. The lowest BCUT2D eigenvalue weighted by Gasteiger charge is -2.31. The Bertz CT molecular complexity index is 1490. The number of pyridine rings is 1. The number of nitrogens with one attached hydrogen (secondary N) is 2. The van der Waals surface area contributed by atoms with Crippen LogP contribution < -0.4 is 10.0 Å². The lowest BCUT2D eigenvalue weighted by atomic mass is 9.99. The molecule has 0 bridgehead atoms. The molecule has 9 nitrogen and oxygen atoms in total. The van der Waals surface area contributed by atoms with Gasteiger partial charge in [-0.2, -0.15) is 0 Å². The van der Waals surface area contributed by atoms with E-state index in [9.17, 15) is 21.6 Å². The lowest BCUT2D eigenvalue weighted by Crippen LogP contribution is -2.44. The predicted octanol–water partition coefficient (Wildman–Crippen LogP) is 4.37. The van der Waals surface area contributed by atoms with Gasteiger partial charge in [0.2, 0.25) is 15.9 Å². The van der Waals surface area contributed by atoms with Crippen LogP contribution in [0.25, 0.3) is 0 Å². The molecular weight excluding hydrogens is 559 g/mol. The first-order valence-electron chi connectivity index (χ1n) is 11.3. The molecular formula is C24H24Cl2N4O5S2. The number of anilines is 2. The minimum Gasteiger partial charge on any atom is -0.326 e. The molecule has 1 atom stereocenters. The zero-order valence-corrected chi connectivity index (χ0v) is 22.6. The quantitative estimate of drug-likeness (QED) is 0.406. The maximum absolute atomic E-state index is 13.0. The van der Waals surface area contributed by atoms with E-state index < -0.39 is 26.0 Å². The van der Waals surface area contributed by atoms with Gasteiger partial charge in [0, 0.05) is 25.0 Å². The summed E-state index contributed by atoms with van der Waals surface area (Å²) in [4.78, 5) is 16.8. The number of halogens is 2. The molecule has 2 N–H and O–H groups in total. The highest BCUT2D eigenvalue weighted by atomic mass is 35.5. The monoisotopic (exact) mass is 582 g/mol. The van der Waals surface area contributed by atoms with Gasteiger partial charge < -0.3 is 5.32 Å². The molecule has 1 aliphatic heterocycles. The van der Waals surface area contributed by atoms with Gasteiger partial charge in [-0.3, -0.25) is 14.5 Å². The molecule has 1 fully saturated rings. The topological polar surface area (TPSA) is 126 Å². The van der Waals surface area contributed by atoms with Crippen LogP contribution in [0.1, 0.15) is 18.4 Å². The molecule has 1 aromatic heterocycles. The molecule has 0 saturated carbocycles. The van der Waals surface area contributed by atoms with E-state index >= 15 is 0 Å². The Kier molecular flexibility index (Phi) is 8.39. The summed E-state index contributed by atoms with van der Waals surface area (Å²) < 4.78 is 54.9. The Morgan fingerprint density at radius 2 is 1.76 bits per heavy atom. The van der Waals surface area contributed by atoms with Crippen molar-refractivity contribution in [2.45, 2.75) is 23.5 Å². The van der Waals surface area contributed by atoms with Gasteiger partial charge in [-0.05, 0) is 66.9 Å². The number of carbonyl (C=O) groups is 1. The molecule has 13 heteroatoms. The summed E-state index contributed by atoms with van der Waals surface area (Å²) in [5, 5.41) is 3.37. The summed E-state index contributed by atoms with van der Waals surface area (Å²) in [6, 6.07) is 13.6. The van der Waals surface area contributed by atoms with Gasteiger partial charge in [0.1, 0.15) is 0 Å². The third kappa shape index (κ3) is 6.99. The Hall–Kier alpha value is -2.70. The minimum absolute atomic E-state index is 0.0200. The number of sulfonamides is 2. The van der Waals surface area contributed by atoms with Crippen LogP contribution in [0.15, 0.2) is 71.9 Å². The highest BCUT2D eigenvalue weighted by Gasteiger charge is 2.32. The Labute approximate surface area is 225 Å². The van der Waals surface area contributed by atoms with Crippen molar-refractivity contribution in [1.29, 1.82) is 0 Å². The van der Waals surface area contributed by atoms with E-state index in [1.807, 2.05) is 0 Å². The Morgan fingerprint density at radius 3 is 2.43 bits per heavy atom. The van der Waals surface area contributed by atoms with Gasteiger partial charge in [-0.15, -0.1) is 0 Å². The minimum atomic E-state index is -3.83. The molecule has 37 heavy (non-hydrogen) atoms. The highest BCUT2D eigenvalue weighted by molar-refractivity contribution is 7.92. The molecule has 4 rings (SSSR count). The maximum Gasteiger partial charge on any atom is 0.261 e. The van der Waals surface area contributed by atoms with Gasteiger partial charge in [-0.1, -0.05) is 29.3 Å². The molecule has 196 valence electrons. The van der Waals surface area contributed by atoms with Gasteiger partial charge in [0.25, 0.3) is 10.0 Å². The maximum atomic E-state index is 13.0. The number of hydrogen-bond acceptors (Lipinski definition) is 6. The zero-order valence-electron chi connectivity index (χ0n) is 19.5. The molecule has 1 aliphatic rings. The first kappa shape index (κ1) is 27.3. The van der Waals surface area contributed by atoms with Crippen LogP contribution in [-0.2, 0) is 30.6 Å². The van der Waals surface area contributed by atoms with Gasteiger partial charge in [-0.25, -0.2) is 21.1 Å². The number of amides is 1. The number of nitrogens with zero attached hydrogens (tertiary/aromatic N) is 2. The summed E-state index contributed by atoms with van der Waals surface area (Å²) in [5.41, 5.74) is 1.24. The smallest absolute Gasteiger partial charge is 0.261 e. The second kappa shape index (κ2) is 11.4. The van der Waals surface area contributed by atoms with E-state index in [0.717, 1.165) is 0 Å². The number of aromatic nitrogens is 1. The van der Waals surface area contributed by atoms with Gasteiger partial charge >= 0.3 is 0 Å². The fraction of sp³-hybridized carbons (Fsp3) is 0.250. The first-order chi connectivity index (χ1) is 17.5. The Balaban J connectivity index is 1.38. The predicted molar refractivity (Wildman–Crippen MR) is 143 cm³/mol. The first-order valence-corrected chi connectivity index (χ1v) is 15.1. The fourth-order valence-electron chi connectivity index (χ4n) is 3.94. The van der Waals surface area contributed by atoms with Crippen molar-refractivity contribution < 1.29 is 21.6 Å².